The van der Waals surface area contributed by atoms with Crippen LogP contribution in [0.1, 0.15) is 31.2 Å². The van der Waals surface area contributed by atoms with Gasteiger partial charge in [-0.2, -0.15) is 0 Å². The van der Waals surface area contributed by atoms with Crippen LogP contribution in [0.25, 0.3) is 0 Å². The average molecular weight is 235 g/mol. The Bertz CT molecular complexity index is 397. The minimum Gasteiger partial charge on any atom is -0.490 e. The van der Waals surface area contributed by atoms with Crippen molar-refractivity contribution in [1.82, 2.24) is 5.32 Å². The van der Waals surface area contributed by atoms with Crippen LogP contribution in [0.5, 0.6) is 5.75 Å². The number of ether oxygens (including phenoxy) is 1. The monoisotopic (exact) mass is 235 g/mol. The van der Waals surface area contributed by atoms with Gasteiger partial charge in [-0.25, -0.2) is 4.39 Å². The fourth-order valence-corrected chi connectivity index (χ4v) is 2.34. The fraction of sp³-hybridized carbons (Fsp3) is 0.571. The summed E-state index contributed by atoms with van der Waals surface area (Å²) >= 11 is 0. The number of halogens is 1. The molecule has 2 fully saturated rings. The molecule has 0 radical (unpaired) electrons. The molecule has 17 heavy (non-hydrogen) atoms. The lowest BCUT2D eigenvalue weighted by Gasteiger charge is -2.30. The first-order valence-corrected chi connectivity index (χ1v) is 6.43. The summed E-state index contributed by atoms with van der Waals surface area (Å²) in [5.74, 6) is 0.820. The van der Waals surface area contributed by atoms with Crippen LogP contribution in [-0.4, -0.2) is 19.2 Å². The molecule has 1 saturated heterocycles. The zero-order valence-electron chi connectivity index (χ0n) is 9.92. The third kappa shape index (κ3) is 2.44. The largest absolute Gasteiger partial charge is 0.490 e. The lowest BCUT2D eigenvalue weighted by molar-refractivity contribution is 0.115. The molecule has 0 atom stereocenters. The summed E-state index contributed by atoms with van der Waals surface area (Å²) in [6.07, 6.45) is 3.75. The van der Waals surface area contributed by atoms with Crippen molar-refractivity contribution in [3.63, 3.8) is 0 Å². The van der Waals surface area contributed by atoms with Gasteiger partial charge in [0, 0.05) is 0 Å². The lowest BCUT2D eigenvalue weighted by atomic mass is 9.87. The number of piperidine rings is 1. The molecule has 1 aliphatic heterocycles. The molecular weight excluding hydrogens is 217 g/mol. The highest BCUT2D eigenvalue weighted by molar-refractivity contribution is 5.33. The van der Waals surface area contributed by atoms with Gasteiger partial charge < -0.3 is 10.1 Å². The molecule has 1 heterocycles. The maximum absolute atomic E-state index is 14.7. The predicted molar refractivity (Wildman–Crippen MR) is 65.0 cm³/mol. The van der Waals surface area contributed by atoms with Gasteiger partial charge in [0.05, 0.1) is 6.10 Å². The first kappa shape index (κ1) is 11.0. The standard InChI is InChI=1S/C14H18FNO/c15-14(6-8-16-9-7-14)11-2-1-3-13(10-11)17-12-4-5-12/h1-3,10,12,16H,4-9H2. The van der Waals surface area contributed by atoms with Gasteiger partial charge in [-0.1, -0.05) is 12.1 Å². The van der Waals surface area contributed by atoms with Crippen LogP contribution in [0.3, 0.4) is 0 Å². The van der Waals surface area contributed by atoms with Crippen molar-refractivity contribution in [2.75, 3.05) is 13.1 Å². The maximum atomic E-state index is 14.7. The van der Waals surface area contributed by atoms with Gasteiger partial charge in [0.25, 0.3) is 0 Å². The van der Waals surface area contributed by atoms with E-state index in [4.69, 9.17) is 4.74 Å². The number of alkyl halides is 1. The SMILES string of the molecule is FC1(c2cccc(OC3CC3)c2)CCNCC1. The van der Waals surface area contributed by atoms with Crippen LogP contribution in [0.4, 0.5) is 4.39 Å². The molecule has 0 amide bonds. The summed E-state index contributed by atoms with van der Waals surface area (Å²) in [6, 6.07) is 7.58. The molecule has 1 aromatic rings. The second-order valence-electron chi connectivity index (χ2n) is 5.06. The van der Waals surface area contributed by atoms with E-state index in [9.17, 15) is 4.39 Å². The number of benzene rings is 1. The second-order valence-corrected chi connectivity index (χ2v) is 5.06. The van der Waals surface area contributed by atoms with Crippen LogP contribution in [0.15, 0.2) is 24.3 Å². The summed E-state index contributed by atoms with van der Waals surface area (Å²) in [6.45, 7) is 1.51. The van der Waals surface area contributed by atoms with Crippen molar-refractivity contribution in [2.24, 2.45) is 0 Å². The van der Waals surface area contributed by atoms with Gasteiger partial charge in [0.1, 0.15) is 11.4 Å². The zero-order chi connectivity index (χ0) is 11.7. The normalized spacial score (nSPS) is 23.4. The van der Waals surface area contributed by atoms with Gasteiger partial charge >= 0.3 is 0 Å². The van der Waals surface area contributed by atoms with Crippen molar-refractivity contribution in [3.8, 4) is 5.75 Å². The van der Waals surface area contributed by atoms with E-state index in [1.54, 1.807) is 0 Å². The highest BCUT2D eigenvalue weighted by Gasteiger charge is 2.34. The minimum absolute atomic E-state index is 0.369. The summed E-state index contributed by atoms with van der Waals surface area (Å²) < 4.78 is 20.5. The quantitative estimate of drug-likeness (QED) is 0.869. The van der Waals surface area contributed by atoms with Gasteiger partial charge in [-0.15, -0.1) is 0 Å². The van der Waals surface area contributed by atoms with Crippen LogP contribution >= 0.6 is 0 Å². The number of hydrogen-bond donors (Lipinski definition) is 1. The second kappa shape index (κ2) is 4.30. The predicted octanol–water partition coefficient (Wildman–Crippen LogP) is 2.78. The van der Waals surface area contributed by atoms with Gasteiger partial charge in [-0.05, 0) is 56.5 Å². The van der Waals surface area contributed by atoms with E-state index in [1.165, 1.54) is 0 Å². The third-order valence-corrected chi connectivity index (χ3v) is 3.57. The van der Waals surface area contributed by atoms with E-state index in [2.05, 4.69) is 5.32 Å². The molecule has 2 nitrogen and oxygen atoms in total. The number of rotatable bonds is 3. The fourth-order valence-electron chi connectivity index (χ4n) is 2.34. The highest BCUT2D eigenvalue weighted by Crippen LogP contribution is 2.37. The molecule has 0 unspecified atom stereocenters. The van der Waals surface area contributed by atoms with E-state index in [1.807, 2.05) is 24.3 Å². The maximum Gasteiger partial charge on any atom is 0.138 e. The van der Waals surface area contributed by atoms with Crippen LogP contribution in [-0.2, 0) is 5.67 Å². The summed E-state index contributed by atoms with van der Waals surface area (Å²) in [5, 5.41) is 3.20. The summed E-state index contributed by atoms with van der Waals surface area (Å²) in [5.41, 5.74) is -0.397. The Balaban J connectivity index is 1.80. The average Bonchev–Trinajstić information content (AvgIpc) is 3.14. The van der Waals surface area contributed by atoms with Crippen molar-refractivity contribution in [1.29, 1.82) is 0 Å². The van der Waals surface area contributed by atoms with E-state index in [-0.39, 0.29) is 0 Å². The Morgan fingerprint density at radius 1 is 1.24 bits per heavy atom. The van der Waals surface area contributed by atoms with Gasteiger partial charge in [0.2, 0.25) is 0 Å². The van der Waals surface area contributed by atoms with E-state index >= 15 is 0 Å². The first-order chi connectivity index (χ1) is 8.26. The topological polar surface area (TPSA) is 21.3 Å². The molecule has 0 aromatic heterocycles. The summed E-state index contributed by atoms with van der Waals surface area (Å²) in [4.78, 5) is 0. The van der Waals surface area contributed by atoms with E-state index in [0.717, 1.165) is 37.2 Å². The molecular formula is C14H18FNO. The van der Waals surface area contributed by atoms with Crippen molar-refractivity contribution in [3.05, 3.63) is 29.8 Å². The van der Waals surface area contributed by atoms with Crippen LogP contribution < -0.4 is 10.1 Å². The molecule has 0 bridgehead atoms. The Labute approximate surface area is 101 Å². The smallest absolute Gasteiger partial charge is 0.138 e. The molecule has 92 valence electrons. The minimum atomic E-state index is -1.17. The molecule has 0 spiro atoms. The Kier molecular flexibility index (Phi) is 2.79. The van der Waals surface area contributed by atoms with E-state index in [0.29, 0.717) is 18.9 Å². The Morgan fingerprint density at radius 3 is 2.71 bits per heavy atom. The third-order valence-electron chi connectivity index (χ3n) is 3.57. The molecule has 2 aliphatic rings. The van der Waals surface area contributed by atoms with Crippen molar-refractivity contribution in [2.45, 2.75) is 37.5 Å². The van der Waals surface area contributed by atoms with E-state index < -0.39 is 5.67 Å². The number of hydrogen-bond acceptors (Lipinski definition) is 2. The van der Waals surface area contributed by atoms with Crippen LogP contribution in [0.2, 0.25) is 0 Å². The first-order valence-electron chi connectivity index (χ1n) is 6.43. The van der Waals surface area contributed by atoms with Gasteiger partial charge in [0.15, 0.2) is 0 Å². The summed E-state index contributed by atoms with van der Waals surface area (Å²) in [7, 11) is 0. The van der Waals surface area contributed by atoms with Crippen molar-refractivity contribution < 1.29 is 9.13 Å². The highest BCUT2D eigenvalue weighted by atomic mass is 19.1. The van der Waals surface area contributed by atoms with Crippen LogP contribution in [0, 0.1) is 0 Å². The molecule has 1 aliphatic carbocycles. The van der Waals surface area contributed by atoms with Gasteiger partial charge in [-0.3, -0.25) is 0 Å². The zero-order valence-corrected chi connectivity index (χ0v) is 9.92. The molecule has 1 aromatic carbocycles. The molecule has 3 rings (SSSR count). The molecule has 1 saturated carbocycles. The number of nitrogens with one attached hydrogen (secondary N) is 1. The Morgan fingerprint density at radius 2 is 2.00 bits per heavy atom. The lowest BCUT2D eigenvalue weighted by Crippen LogP contribution is -2.36. The molecule has 3 heteroatoms. The molecule has 1 N–H and O–H groups in total. The van der Waals surface area contributed by atoms with Crippen molar-refractivity contribution >= 4 is 0 Å². The Hall–Kier alpha value is -1.09.